The van der Waals surface area contributed by atoms with Crippen LogP contribution in [0.2, 0.25) is 0 Å². The van der Waals surface area contributed by atoms with Crippen LogP contribution in [0.5, 0.6) is 0 Å². The van der Waals surface area contributed by atoms with Crippen LogP contribution in [0, 0.1) is 0 Å². The number of aliphatic imine (C=N–C) groups is 1. The fourth-order valence-corrected chi connectivity index (χ4v) is 2.85. The van der Waals surface area contributed by atoms with Gasteiger partial charge in [0, 0.05) is 37.6 Å². The minimum atomic E-state index is 0.570. The van der Waals surface area contributed by atoms with Gasteiger partial charge in [-0.1, -0.05) is 30.0 Å². The van der Waals surface area contributed by atoms with Gasteiger partial charge in [-0.05, 0) is 25.5 Å². The summed E-state index contributed by atoms with van der Waals surface area (Å²) in [5, 5.41) is 4.49. The molecule has 0 amide bonds. The van der Waals surface area contributed by atoms with Crippen LogP contribution in [0.25, 0.3) is 0 Å². The molecule has 4 heteroatoms. The Morgan fingerprint density at radius 1 is 1.39 bits per heavy atom. The first-order chi connectivity index (χ1) is 8.75. The Bertz CT molecular complexity index is 391. The van der Waals surface area contributed by atoms with Crippen molar-refractivity contribution in [3.05, 3.63) is 30.3 Å². The fraction of sp³-hybridized carbons (Fsp3) is 0.500. The lowest BCUT2D eigenvalue weighted by molar-refractivity contribution is 0.755. The maximum atomic E-state index is 4.58. The molecule has 0 spiro atoms. The van der Waals surface area contributed by atoms with Gasteiger partial charge in [0.1, 0.15) is 0 Å². The molecule has 98 valence electrons. The van der Waals surface area contributed by atoms with E-state index in [0.29, 0.717) is 6.04 Å². The summed E-state index contributed by atoms with van der Waals surface area (Å²) in [7, 11) is 2.13. The molecule has 18 heavy (non-hydrogen) atoms. The number of anilines is 1. The number of benzene rings is 1. The summed E-state index contributed by atoms with van der Waals surface area (Å²) in [6.45, 7) is 4.14. The van der Waals surface area contributed by atoms with E-state index in [-0.39, 0.29) is 0 Å². The van der Waals surface area contributed by atoms with Crippen LogP contribution < -0.4 is 10.2 Å². The molecule has 0 radical (unpaired) electrons. The van der Waals surface area contributed by atoms with Crippen LogP contribution in [-0.4, -0.2) is 37.1 Å². The van der Waals surface area contributed by atoms with E-state index in [9.17, 15) is 0 Å². The number of hydrogen-bond donors (Lipinski definition) is 1. The van der Waals surface area contributed by atoms with Crippen LogP contribution in [0.1, 0.15) is 13.3 Å². The first-order valence-corrected chi connectivity index (χ1v) is 7.44. The smallest absolute Gasteiger partial charge is 0.156 e. The third-order valence-corrected chi connectivity index (χ3v) is 4.13. The Morgan fingerprint density at radius 3 is 2.83 bits per heavy atom. The second kappa shape index (κ2) is 6.69. The van der Waals surface area contributed by atoms with Crippen LogP contribution in [0.15, 0.2) is 35.3 Å². The molecule has 3 nitrogen and oxygen atoms in total. The van der Waals surface area contributed by atoms with Gasteiger partial charge in [-0.25, -0.2) is 0 Å². The third-order valence-electron chi connectivity index (χ3n) is 2.94. The number of thioether (sulfide) groups is 1. The maximum Gasteiger partial charge on any atom is 0.156 e. The number of amidine groups is 1. The monoisotopic (exact) mass is 263 g/mol. The predicted molar refractivity (Wildman–Crippen MR) is 81.7 cm³/mol. The fourth-order valence-electron chi connectivity index (χ4n) is 1.89. The summed E-state index contributed by atoms with van der Waals surface area (Å²) in [4.78, 5) is 6.86. The van der Waals surface area contributed by atoms with Gasteiger partial charge in [0.25, 0.3) is 0 Å². The average Bonchev–Trinajstić information content (AvgIpc) is 2.81. The minimum absolute atomic E-state index is 0.570. The van der Waals surface area contributed by atoms with Crippen molar-refractivity contribution >= 4 is 22.6 Å². The Hall–Kier alpha value is -1.16. The van der Waals surface area contributed by atoms with Gasteiger partial charge in [0.2, 0.25) is 0 Å². The number of hydrogen-bond acceptors (Lipinski definition) is 3. The van der Waals surface area contributed by atoms with E-state index < -0.39 is 0 Å². The first kappa shape index (κ1) is 13.3. The summed E-state index contributed by atoms with van der Waals surface area (Å²) in [5.41, 5.74) is 1.27. The number of nitrogens with zero attached hydrogens (tertiary/aromatic N) is 2. The lowest BCUT2D eigenvalue weighted by Crippen LogP contribution is -2.23. The van der Waals surface area contributed by atoms with E-state index in [4.69, 9.17) is 0 Å². The van der Waals surface area contributed by atoms with E-state index in [0.717, 1.165) is 30.4 Å². The molecule has 1 fully saturated rings. The van der Waals surface area contributed by atoms with Gasteiger partial charge in [0.15, 0.2) is 5.17 Å². The van der Waals surface area contributed by atoms with Crippen LogP contribution in [0.3, 0.4) is 0 Å². The second-order valence-corrected chi connectivity index (χ2v) is 5.66. The first-order valence-electron chi connectivity index (χ1n) is 6.45. The van der Waals surface area contributed by atoms with Gasteiger partial charge in [-0.2, -0.15) is 0 Å². The zero-order chi connectivity index (χ0) is 12.8. The summed E-state index contributed by atoms with van der Waals surface area (Å²) < 4.78 is 0. The normalized spacial score (nSPS) is 21.0. The molecular weight excluding hydrogens is 242 g/mol. The largest absolute Gasteiger partial charge is 0.375 e. The van der Waals surface area contributed by atoms with E-state index in [1.165, 1.54) is 5.69 Å². The average molecular weight is 263 g/mol. The predicted octanol–water partition coefficient (Wildman–Crippen LogP) is 2.59. The van der Waals surface area contributed by atoms with Gasteiger partial charge in [-0.3, -0.25) is 4.99 Å². The minimum Gasteiger partial charge on any atom is -0.375 e. The van der Waals surface area contributed by atoms with Crippen molar-refractivity contribution in [2.75, 3.05) is 30.8 Å². The van der Waals surface area contributed by atoms with Gasteiger partial charge < -0.3 is 10.2 Å². The van der Waals surface area contributed by atoms with Gasteiger partial charge >= 0.3 is 0 Å². The molecule has 2 rings (SSSR count). The molecule has 0 aliphatic carbocycles. The van der Waals surface area contributed by atoms with E-state index in [2.05, 4.69) is 53.4 Å². The third kappa shape index (κ3) is 3.95. The van der Waals surface area contributed by atoms with Crippen molar-refractivity contribution in [1.29, 1.82) is 0 Å². The van der Waals surface area contributed by atoms with Crippen molar-refractivity contribution in [3.8, 4) is 0 Å². The van der Waals surface area contributed by atoms with Crippen LogP contribution in [0.4, 0.5) is 5.69 Å². The van der Waals surface area contributed by atoms with Crippen molar-refractivity contribution < 1.29 is 0 Å². The molecule has 1 N–H and O–H groups in total. The van der Waals surface area contributed by atoms with Crippen molar-refractivity contribution in [3.63, 3.8) is 0 Å². The maximum absolute atomic E-state index is 4.58. The van der Waals surface area contributed by atoms with E-state index in [1.807, 2.05) is 17.8 Å². The highest BCUT2D eigenvalue weighted by atomic mass is 32.2. The Kier molecular flexibility index (Phi) is 4.93. The summed E-state index contributed by atoms with van der Waals surface area (Å²) in [5.74, 6) is 1.14. The molecule has 1 heterocycles. The highest BCUT2D eigenvalue weighted by Crippen LogP contribution is 2.13. The lowest BCUT2D eigenvalue weighted by Gasteiger charge is -2.18. The molecule has 1 aliphatic rings. The van der Waals surface area contributed by atoms with Gasteiger partial charge in [-0.15, -0.1) is 0 Å². The SMILES string of the molecule is CC1CSC(=NCCCN(C)c2ccccc2)N1. The Labute approximate surface area is 114 Å². The molecule has 1 aliphatic heterocycles. The molecule has 1 aromatic carbocycles. The number of para-hydroxylation sites is 1. The van der Waals surface area contributed by atoms with Crippen LogP contribution >= 0.6 is 11.8 Å². The topological polar surface area (TPSA) is 27.6 Å². The summed E-state index contributed by atoms with van der Waals surface area (Å²) in [6.07, 6.45) is 1.09. The molecule has 1 unspecified atom stereocenters. The highest BCUT2D eigenvalue weighted by molar-refractivity contribution is 8.14. The van der Waals surface area contributed by atoms with E-state index in [1.54, 1.807) is 0 Å². The molecule has 0 bridgehead atoms. The highest BCUT2D eigenvalue weighted by Gasteiger charge is 2.14. The number of nitrogens with one attached hydrogen (secondary N) is 1. The van der Waals surface area contributed by atoms with Crippen molar-refractivity contribution in [2.24, 2.45) is 4.99 Å². The molecule has 1 saturated heterocycles. The summed E-state index contributed by atoms with van der Waals surface area (Å²) in [6, 6.07) is 11.1. The molecule has 0 aromatic heterocycles. The summed E-state index contributed by atoms with van der Waals surface area (Å²) >= 11 is 1.83. The lowest BCUT2D eigenvalue weighted by atomic mass is 10.3. The second-order valence-electron chi connectivity index (χ2n) is 4.65. The standard InChI is InChI=1S/C14H21N3S/c1-12-11-18-14(16-12)15-9-6-10-17(2)13-7-4-3-5-8-13/h3-5,7-8,12H,6,9-11H2,1-2H3,(H,15,16). The number of rotatable bonds is 5. The molecule has 1 atom stereocenters. The van der Waals surface area contributed by atoms with Crippen LogP contribution in [-0.2, 0) is 0 Å². The zero-order valence-corrected chi connectivity index (χ0v) is 11.9. The quantitative estimate of drug-likeness (QED) is 0.828. The van der Waals surface area contributed by atoms with Crippen molar-refractivity contribution in [1.82, 2.24) is 5.32 Å². The molecular formula is C14H21N3S. The van der Waals surface area contributed by atoms with Crippen molar-refractivity contribution in [2.45, 2.75) is 19.4 Å². The Morgan fingerprint density at radius 2 is 2.17 bits per heavy atom. The molecule has 0 saturated carbocycles. The van der Waals surface area contributed by atoms with Gasteiger partial charge in [0.05, 0.1) is 0 Å². The Balaban J connectivity index is 1.69. The zero-order valence-electron chi connectivity index (χ0n) is 11.1. The van der Waals surface area contributed by atoms with E-state index >= 15 is 0 Å². The molecule has 1 aromatic rings.